The summed E-state index contributed by atoms with van der Waals surface area (Å²) in [6, 6.07) is 16.5. The number of rotatable bonds is 7. The summed E-state index contributed by atoms with van der Waals surface area (Å²) in [7, 11) is 3.31. The fourth-order valence-electron chi connectivity index (χ4n) is 2.10. The molecule has 0 saturated carbocycles. The Balaban J connectivity index is 0.000000648. The molecule has 0 aromatic heterocycles. The van der Waals surface area contributed by atoms with E-state index in [0.29, 0.717) is 0 Å². The average molecular weight is 331 g/mol. The van der Waals surface area contributed by atoms with Crippen LogP contribution in [-0.2, 0) is 17.8 Å². The van der Waals surface area contributed by atoms with Gasteiger partial charge in [-0.2, -0.15) is 0 Å². The molecule has 2 aromatic carbocycles. The number of methoxy groups -OCH3 is 2. The maximum atomic E-state index is 9.00. The van der Waals surface area contributed by atoms with Crippen molar-refractivity contribution in [3.63, 3.8) is 0 Å². The van der Waals surface area contributed by atoms with Gasteiger partial charge in [0.25, 0.3) is 5.97 Å². The zero-order chi connectivity index (χ0) is 17.8. The van der Waals surface area contributed by atoms with E-state index in [-0.39, 0.29) is 0 Å². The lowest BCUT2D eigenvalue weighted by Crippen LogP contribution is -2.16. The highest BCUT2D eigenvalue weighted by atomic mass is 16.5. The van der Waals surface area contributed by atoms with Crippen molar-refractivity contribution in [1.82, 2.24) is 5.32 Å². The average Bonchev–Trinajstić information content (AvgIpc) is 2.59. The predicted molar refractivity (Wildman–Crippen MR) is 94.7 cm³/mol. The van der Waals surface area contributed by atoms with Crippen LogP contribution in [0.4, 0.5) is 0 Å². The molecule has 0 aliphatic heterocycles. The van der Waals surface area contributed by atoms with Crippen LogP contribution >= 0.6 is 0 Å². The second kappa shape index (κ2) is 11.1. The molecule has 0 aliphatic rings. The molecule has 24 heavy (non-hydrogen) atoms. The number of nitrogens with one attached hydrogen (secondary N) is 1. The Morgan fingerprint density at radius 1 is 1.00 bits per heavy atom. The van der Waals surface area contributed by atoms with Gasteiger partial charge >= 0.3 is 0 Å². The summed E-state index contributed by atoms with van der Waals surface area (Å²) >= 11 is 0. The van der Waals surface area contributed by atoms with E-state index in [1.54, 1.807) is 14.2 Å². The monoisotopic (exact) mass is 331 g/mol. The second-order valence-electron chi connectivity index (χ2n) is 5.12. The van der Waals surface area contributed by atoms with E-state index >= 15 is 0 Å². The molecule has 0 bridgehead atoms. The molecule has 0 saturated heterocycles. The Morgan fingerprint density at radius 2 is 1.62 bits per heavy atom. The van der Waals surface area contributed by atoms with Gasteiger partial charge in [0.15, 0.2) is 11.5 Å². The van der Waals surface area contributed by atoms with E-state index in [1.165, 1.54) is 11.1 Å². The van der Waals surface area contributed by atoms with Crippen LogP contribution in [-0.4, -0.2) is 31.8 Å². The SMILES string of the molecule is CC(=O)O.COc1ccc(CNCCc2ccccc2)cc1OC. The van der Waals surface area contributed by atoms with Crippen molar-refractivity contribution in [1.29, 1.82) is 0 Å². The van der Waals surface area contributed by atoms with Crippen molar-refractivity contribution in [2.45, 2.75) is 19.9 Å². The summed E-state index contributed by atoms with van der Waals surface area (Å²) in [6.07, 6.45) is 1.04. The van der Waals surface area contributed by atoms with Gasteiger partial charge in [-0.05, 0) is 36.2 Å². The first-order valence-corrected chi connectivity index (χ1v) is 7.72. The Morgan fingerprint density at radius 3 is 2.21 bits per heavy atom. The molecule has 0 aliphatic carbocycles. The van der Waals surface area contributed by atoms with E-state index < -0.39 is 5.97 Å². The number of hydrogen-bond acceptors (Lipinski definition) is 4. The summed E-state index contributed by atoms with van der Waals surface area (Å²) in [4.78, 5) is 9.00. The molecule has 0 atom stereocenters. The van der Waals surface area contributed by atoms with Crippen LogP contribution < -0.4 is 14.8 Å². The predicted octanol–water partition coefficient (Wildman–Crippen LogP) is 3.13. The molecular weight excluding hydrogens is 306 g/mol. The van der Waals surface area contributed by atoms with Crippen molar-refractivity contribution >= 4 is 5.97 Å². The molecule has 0 amide bonds. The Hall–Kier alpha value is -2.53. The highest BCUT2D eigenvalue weighted by molar-refractivity contribution is 5.62. The fourth-order valence-corrected chi connectivity index (χ4v) is 2.10. The van der Waals surface area contributed by atoms with Crippen LogP contribution in [0.15, 0.2) is 48.5 Å². The van der Waals surface area contributed by atoms with Gasteiger partial charge in [0.05, 0.1) is 14.2 Å². The Kier molecular flexibility index (Phi) is 9.01. The summed E-state index contributed by atoms with van der Waals surface area (Å²) in [6.45, 7) is 2.87. The minimum atomic E-state index is -0.833. The normalized spacial score (nSPS) is 9.62. The number of hydrogen-bond donors (Lipinski definition) is 2. The van der Waals surface area contributed by atoms with Gasteiger partial charge in [-0.15, -0.1) is 0 Å². The molecule has 0 heterocycles. The lowest BCUT2D eigenvalue weighted by Gasteiger charge is -2.10. The molecule has 2 N–H and O–H groups in total. The molecule has 5 heteroatoms. The molecule has 0 radical (unpaired) electrons. The number of ether oxygens (including phenoxy) is 2. The zero-order valence-electron chi connectivity index (χ0n) is 14.4. The summed E-state index contributed by atoms with van der Waals surface area (Å²) in [5.41, 5.74) is 2.54. The highest BCUT2D eigenvalue weighted by Crippen LogP contribution is 2.27. The third kappa shape index (κ3) is 7.65. The maximum absolute atomic E-state index is 9.00. The topological polar surface area (TPSA) is 67.8 Å². The van der Waals surface area contributed by atoms with E-state index in [2.05, 4.69) is 35.6 Å². The smallest absolute Gasteiger partial charge is 0.300 e. The molecular formula is C19H25NO4. The number of carboxylic acid groups (broad SMARTS) is 1. The molecule has 0 spiro atoms. The minimum absolute atomic E-state index is 0.764. The van der Waals surface area contributed by atoms with E-state index in [9.17, 15) is 0 Å². The molecule has 5 nitrogen and oxygen atoms in total. The molecule has 2 aromatic rings. The number of carboxylic acids is 1. The molecule has 130 valence electrons. The lowest BCUT2D eigenvalue weighted by atomic mass is 10.1. The Labute approximate surface area is 143 Å². The van der Waals surface area contributed by atoms with Gasteiger partial charge in [-0.3, -0.25) is 4.79 Å². The van der Waals surface area contributed by atoms with Crippen molar-refractivity contribution < 1.29 is 19.4 Å². The standard InChI is InChI=1S/C17H21NO2.C2H4O2/c1-19-16-9-8-15(12-17(16)20-2)13-18-11-10-14-6-4-3-5-7-14;1-2(3)4/h3-9,12,18H,10-11,13H2,1-2H3;1H3,(H,3,4). The van der Waals surface area contributed by atoms with Gasteiger partial charge in [0.2, 0.25) is 0 Å². The zero-order valence-corrected chi connectivity index (χ0v) is 14.4. The third-order valence-corrected chi connectivity index (χ3v) is 3.21. The van der Waals surface area contributed by atoms with E-state index in [4.69, 9.17) is 19.4 Å². The number of aliphatic carboxylic acids is 1. The fraction of sp³-hybridized carbons (Fsp3) is 0.316. The van der Waals surface area contributed by atoms with Crippen LogP contribution in [0.2, 0.25) is 0 Å². The first-order valence-electron chi connectivity index (χ1n) is 7.72. The van der Waals surface area contributed by atoms with Crippen molar-refractivity contribution in [2.75, 3.05) is 20.8 Å². The minimum Gasteiger partial charge on any atom is -0.493 e. The summed E-state index contributed by atoms with van der Waals surface area (Å²) in [5.74, 6) is 0.704. The third-order valence-electron chi connectivity index (χ3n) is 3.21. The first-order chi connectivity index (χ1) is 11.6. The maximum Gasteiger partial charge on any atom is 0.300 e. The highest BCUT2D eigenvalue weighted by Gasteiger charge is 2.04. The lowest BCUT2D eigenvalue weighted by molar-refractivity contribution is -0.134. The van der Waals surface area contributed by atoms with Crippen LogP contribution in [0.1, 0.15) is 18.1 Å². The van der Waals surface area contributed by atoms with Crippen LogP contribution in [0.3, 0.4) is 0 Å². The Bertz CT molecular complexity index is 610. The van der Waals surface area contributed by atoms with Gasteiger partial charge in [0, 0.05) is 13.5 Å². The molecule has 2 rings (SSSR count). The van der Waals surface area contributed by atoms with Crippen molar-refractivity contribution in [2.24, 2.45) is 0 Å². The largest absolute Gasteiger partial charge is 0.493 e. The number of benzene rings is 2. The van der Waals surface area contributed by atoms with Gasteiger partial charge in [-0.1, -0.05) is 36.4 Å². The van der Waals surface area contributed by atoms with E-state index in [1.807, 2.05) is 18.2 Å². The quantitative estimate of drug-likeness (QED) is 0.763. The van der Waals surface area contributed by atoms with E-state index in [0.717, 1.165) is 37.9 Å². The van der Waals surface area contributed by atoms with Gasteiger partial charge in [0.1, 0.15) is 0 Å². The molecule has 0 fully saturated rings. The van der Waals surface area contributed by atoms with Crippen LogP contribution in [0.5, 0.6) is 11.5 Å². The summed E-state index contributed by atoms with van der Waals surface area (Å²) in [5, 5.41) is 10.9. The summed E-state index contributed by atoms with van der Waals surface area (Å²) < 4.78 is 10.5. The second-order valence-corrected chi connectivity index (χ2v) is 5.12. The van der Waals surface area contributed by atoms with Gasteiger partial charge < -0.3 is 19.9 Å². The molecule has 0 unspecified atom stereocenters. The number of carbonyl (C=O) groups is 1. The van der Waals surface area contributed by atoms with Gasteiger partial charge in [-0.25, -0.2) is 0 Å². The van der Waals surface area contributed by atoms with Crippen molar-refractivity contribution in [3.8, 4) is 11.5 Å². The van der Waals surface area contributed by atoms with Crippen molar-refractivity contribution in [3.05, 3.63) is 59.7 Å². The van der Waals surface area contributed by atoms with Crippen LogP contribution in [0.25, 0.3) is 0 Å². The van der Waals surface area contributed by atoms with Crippen LogP contribution in [0, 0.1) is 0 Å². The first kappa shape index (κ1) is 19.5.